The van der Waals surface area contributed by atoms with E-state index in [4.69, 9.17) is 0 Å². The van der Waals surface area contributed by atoms with Crippen molar-refractivity contribution >= 4 is 5.78 Å². The second-order valence-electron chi connectivity index (χ2n) is 7.34. The molecule has 0 N–H and O–H groups in total. The number of aryl methyl sites for hydroxylation is 1. The molecule has 2 rings (SSSR count). The molecule has 1 heterocycles. The smallest absolute Gasteiger partial charge is 0.162 e. The Hall–Kier alpha value is -1.15. The Kier molecular flexibility index (Phi) is 7.81. The van der Waals surface area contributed by atoms with Crippen LogP contribution in [0.2, 0.25) is 0 Å². The number of likely N-dealkylation sites (tertiary alicyclic amines) is 1. The third-order valence-corrected chi connectivity index (χ3v) is 5.21. The van der Waals surface area contributed by atoms with Gasteiger partial charge in [0.25, 0.3) is 0 Å². The van der Waals surface area contributed by atoms with Crippen LogP contribution in [0, 0.1) is 12.8 Å². The van der Waals surface area contributed by atoms with E-state index in [1.165, 1.54) is 63.6 Å². The number of benzene rings is 1. The number of ketones is 1. The fraction of sp³-hybridized carbons (Fsp3) is 0.667. The van der Waals surface area contributed by atoms with E-state index < -0.39 is 0 Å². The largest absolute Gasteiger partial charge is 0.306 e. The van der Waals surface area contributed by atoms with Crippen molar-refractivity contribution in [3.05, 3.63) is 35.4 Å². The highest BCUT2D eigenvalue weighted by Gasteiger charge is 2.14. The summed E-state index contributed by atoms with van der Waals surface area (Å²) in [5.41, 5.74) is 2.09. The van der Waals surface area contributed by atoms with E-state index in [2.05, 4.69) is 18.9 Å². The molecule has 1 fully saturated rings. The summed E-state index contributed by atoms with van der Waals surface area (Å²) in [5.74, 6) is 1.24. The summed E-state index contributed by atoms with van der Waals surface area (Å²) in [6, 6.07) is 7.97. The number of hydrogen-bond acceptors (Lipinski definition) is 2. The van der Waals surface area contributed by atoms with Gasteiger partial charge in [0.1, 0.15) is 0 Å². The maximum Gasteiger partial charge on any atom is 0.162 e. The first kappa shape index (κ1) is 18.2. The first-order valence-corrected chi connectivity index (χ1v) is 9.43. The molecule has 0 saturated carbocycles. The zero-order chi connectivity index (χ0) is 16.5. The predicted molar refractivity (Wildman–Crippen MR) is 98.0 cm³/mol. The van der Waals surface area contributed by atoms with E-state index in [0.717, 1.165) is 17.9 Å². The summed E-state index contributed by atoms with van der Waals surface area (Å²) < 4.78 is 0. The molecule has 0 aliphatic carbocycles. The van der Waals surface area contributed by atoms with Crippen LogP contribution < -0.4 is 0 Å². The van der Waals surface area contributed by atoms with Gasteiger partial charge in [-0.05, 0) is 58.7 Å². The van der Waals surface area contributed by atoms with E-state index in [9.17, 15) is 4.79 Å². The minimum absolute atomic E-state index is 0.303. The topological polar surface area (TPSA) is 20.3 Å². The molecule has 0 radical (unpaired) electrons. The Morgan fingerprint density at radius 1 is 1.04 bits per heavy atom. The highest BCUT2D eigenvalue weighted by molar-refractivity contribution is 5.96. The van der Waals surface area contributed by atoms with Gasteiger partial charge in [-0.3, -0.25) is 4.79 Å². The standard InChI is InChI=1S/C21H33NO/c1-18-11-13-20(14-12-18)21(23)10-6-4-3-5-8-19-9-7-16-22(2)17-15-19/h11-14,19H,3-10,15-17H2,1-2H3. The highest BCUT2D eigenvalue weighted by atomic mass is 16.1. The number of carbonyl (C=O) groups excluding carboxylic acids is 1. The molecule has 1 aromatic rings. The van der Waals surface area contributed by atoms with Crippen LogP contribution in [0.4, 0.5) is 0 Å². The first-order chi connectivity index (χ1) is 11.1. The monoisotopic (exact) mass is 315 g/mol. The van der Waals surface area contributed by atoms with Crippen molar-refractivity contribution in [2.45, 2.75) is 64.7 Å². The summed E-state index contributed by atoms with van der Waals surface area (Å²) in [5, 5.41) is 0. The summed E-state index contributed by atoms with van der Waals surface area (Å²) >= 11 is 0. The van der Waals surface area contributed by atoms with Crippen molar-refractivity contribution in [3.8, 4) is 0 Å². The second kappa shape index (κ2) is 9.87. The Morgan fingerprint density at radius 2 is 1.78 bits per heavy atom. The SMILES string of the molecule is Cc1ccc(C(=O)CCCCCCC2CCCN(C)CC2)cc1. The van der Waals surface area contributed by atoms with Crippen molar-refractivity contribution < 1.29 is 4.79 Å². The molecule has 0 spiro atoms. The van der Waals surface area contributed by atoms with Crippen LogP contribution in [0.1, 0.15) is 73.7 Å². The quantitative estimate of drug-likeness (QED) is 0.482. The van der Waals surface area contributed by atoms with Gasteiger partial charge in [0.2, 0.25) is 0 Å². The normalized spacial score (nSPS) is 19.5. The van der Waals surface area contributed by atoms with Crippen molar-refractivity contribution in [1.82, 2.24) is 4.90 Å². The van der Waals surface area contributed by atoms with Gasteiger partial charge in [-0.1, -0.05) is 55.5 Å². The van der Waals surface area contributed by atoms with Crippen LogP contribution >= 0.6 is 0 Å². The van der Waals surface area contributed by atoms with Crippen molar-refractivity contribution in [2.24, 2.45) is 5.92 Å². The van der Waals surface area contributed by atoms with Crippen LogP contribution in [-0.4, -0.2) is 30.8 Å². The molecular formula is C21H33NO. The molecule has 2 heteroatoms. The van der Waals surface area contributed by atoms with Gasteiger partial charge in [-0.2, -0.15) is 0 Å². The number of Topliss-reactive ketones (excluding diaryl/α,β-unsaturated/α-hetero) is 1. The molecule has 0 bridgehead atoms. The number of unbranched alkanes of at least 4 members (excludes halogenated alkanes) is 3. The van der Waals surface area contributed by atoms with Gasteiger partial charge < -0.3 is 4.90 Å². The molecule has 1 unspecified atom stereocenters. The molecule has 1 aliphatic heterocycles. The predicted octanol–water partition coefficient (Wildman–Crippen LogP) is 5.25. The number of rotatable bonds is 8. The minimum Gasteiger partial charge on any atom is -0.306 e. The Bertz CT molecular complexity index is 465. The van der Waals surface area contributed by atoms with Crippen LogP contribution in [-0.2, 0) is 0 Å². The van der Waals surface area contributed by atoms with Crippen LogP contribution in [0.5, 0.6) is 0 Å². The van der Waals surface area contributed by atoms with Gasteiger partial charge in [0.15, 0.2) is 5.78 Å². The van der Waals surface area contributed by atoms with E-state index in [0.29, 0.717) is 12.2 Å². The summed E-state index contributed by atoms with van der Waals surface area (Å²) in [6.45, 7) is 4.61. The molecule has 128 valence electrons. The molecule has 1 aliphatic rings. The highest BCUT2D eigenvalue weighted by Crippen LogP contribution is 2.23. The average molecular weight is 316 g/mol. The van der Waals surface area contributed by atoms with Crippen molar-refractivity contribution in [1.29, 1.82) is 0 Å². The summed E-state index contributed by atoms with van der Waals surface area (Å²) in [6.07, 6.45) is 11.1. The molecular weight excluding hydrogens is 282 g/mol. The molecule has 2 nitrogen and oxygen atoms in total. The van der Waals surface area contributed by atoms with Crippen LogP contribution in [0.3, 0.4) is 0 Å². The molecule has 0 aromatic heterocycles. The molecule has 1 aromatic carbocycles. The summed E-state index contributed by atoms with van der Waals surface area (Å²) in [7, 11) is 2.24. The number of carbonyl (C=O) groups is 1. The van der Waals surface area contributed by atoms with Gasteiger partial charge in [0, 0.05) is 12.0 Å². The molecule has 1 atom stereocenters. The third kappa shape index (κ3) is 6.87. The van der Waals surface area contributed by atoms with Gasteiger partial charge in [0.05, 0.1) is 0 Å². The Morgan fingerprint density at radius 3 is 2.57 bits per heavy atom. The lowest BCUT2D eigenvalue weighted by Gasteiger charge is -2.14. The Balaban J connectivity index is 1.53. The van der Waals surface area contributed by atoms with Gasteiger partial charge >= 0.3 is 0 Å². The lowest BCUT2D eigenvalue weighted by atomic mass is 9.93. The van der Waals surface area contributed by atoms with Crippen molar-refractivity contribution in [2.75, 3.05) is 20.1 Å². The third-order valence-electron chi connectivity index (χ3n) is 5.21. The first-order valence-electron chi connectivity index (χ1n) is 9.43. The second-order valence-corrected chi connectivity index (χ2v) is 7.34. The van der Waals surface area contributed by atoms with Gasteiger partial charge in [-0.25, -0.2) is 0 Å². The zero-order valence-electron chi connectivity index (χ0n) is 15.0. The molecule has 1 saturated heterocycles. The lowest BCUT2D eigenvalue weighted by molar-refractivity contribution is 0.0979. The fourth-order valence-electron chi connectivity index (χ4n) is 3.55. The van der Waals surface area contributed by atoms with E-state index >= 15 is 0 Å². The maximum absolute atomic E-state index is 12.1. The summed E-state index contributed by atoms with van der Waals surface area (Å²) in [4.78, 5) is 14.6. The Labute approximate surface area is 142 Å². The van der Waals surface area contributed by atoms with Gasteiger partial charge in [-0.15, -0.1) is 0 Å². The van der Waals surface area contributed by atoms with Crippen LogP contribution in [0.25, 0.3) is 0 Å². The van der Waals surface area contributed by atoms with Crippen molar-refractivity contribution in [3.63, 3.8) is 0 Å². The maximum atomic E-state index is 12.1. The van der Waals surface area contributed by atoms with Crippen LogP contribution in [0.15, 0.2) is 24.3 Å². The van der Waals surface area contributed by atoms with E-state index in [-0.39, 0.29) is 0 Å². The molecule has 23 heavy (non-hydrogen) atoms. The number of nitrogens with zero attached hydrogens (tertiary/aromatic N) is 1. The lowest BCUT2D eigenvalue weighted by Crippen LogP contribution is -2.18. The number of hydrogen-bond donors (Lipinski definition) is 0. The van der Waals surface area contributed by atoms with E-state index in [1.54, 1.807) is 0 Å². The van der Waals surface area contributed by atoms with E-state index in [1.807, 2.05) is 24.3 Å². The molecule has 0 amide bonds. The average Bonchev–Trinajstić information content (AvgIpc) is 2.75. The zero-order valence-corrected chi connectivity index (χ0v) is 15.0. The fourth-order valence-corrected chi connectivity index (χ4v) is 3.55. The minimum atomic E-state index is 0.303.